The van der Waals surface area contributed by atoms with Gasteiger partial charge in [0.15, 0.2) is 0 Å². The summed E-state index contributed by atoms with van der Waals surface area (Å²) in [5, 5.41) is 2.65. The first-order valence-electron chi connectivity index (χ1n) is 12.3. The summed E-state index contributed by atoms with van der Waals surface area (Å²) < 4.78 is 41.6. The van der Waals surface area contributed by atoms with Crippen LogP contribution >= 0.6 is 11.6 Å². The van der Waals surface area contributed by atoms with E-state index in [1.807, 2.05) is 19.1 Å². The van der Waals surface area contributed by atoms with Crippen LogP contribution in [0.15, 0.2) is 77.7 Å². The first kappa shape index (κ1) is 26.9. The fraction of sp³-hybridized carbons (Fsp3) is 0.321. The van der Waals surface area contributed by atoms with Gasteiger partial charge in [0.25, 0.3) is 10.0 Å². The number of benzene rings is 3. The molecule has 37 heavy (non-hydrogen) atoms. The number of halogens is 2. The molecule has 0 aliphatic carbocycles. The molecule has 1 aliphatic rings. The zero-order chi connectivity index (χ0) is 26.6. The first-order valence-corrected chi connectivity index (χ1v) is 14.1. The van der Waals surface area contributed by atoms with Gasteiger partial charge in [-0.25, -0.2) is 12.8 Å². The normalized spacial score (nSPS) is 15.3. The summed E-state index contributed by atoms with van der Waals surface area (Å²) in [6.07, 6.45) is 2.35. The number of hydrogen-bond acceptors (Lipinski definition) is 4. The summed E-state index contributed by atoms with van der Waals surface area (Å²) in [6, 6.07) is 19.1. The Morgan fingerprint density at radius 2 is 1.73 bits per heavy atom. The van der Waals surface area contributed by atoms with E-state index in [-0.39, 0.29) is 21.6 Å². The predicted molar refractivity (Wildman–Crippen MR) is 146 cm³/mol. The van der Waals surface area contributed by atoms with Crippen molar-refractivity contribution >= 4 is 38.9 Å². The molecule has 0 aromatic heterocycles. The maximum atomic E-state index is 13.8. The Balaban J connectivity index is 1.50. The summed E-state index contributed by atoms with van der Waals surface area (Å²) in [7, 11) is -4.12. The van der Waals surface area contributed by atoms with E-state index < -0.39 is 28.3 Å². The molecule has 9 heteroatoms. The fourth-order valence-corrected chi connectivity index (χ4v) is 6.03. The van der Waals surface area contributed by atoms with Crippen LogP contribution in [0.4, 0.5) is 15.8 Å². The second kappa shape index (κ2) is 11.5. The SMILES string of the molecule is CC1CCN(c2ccc(C(C)NC(=O)CN(c3ccc(F)c(Cl)c3)S(=O)(=O)c3ccccc3)cc2)CC1. The summed E-state index contributed by atoms with van der Waals surface area (Å²) in [6.45, 7) is 5.70. The molecule has 1 saturated heterocycles. The molecule has 196 valence electrons. The van der Waals surface area contributed by atoms with Gasteiger partial charge in [-0.2, -0.15) is 0 Å². The zero-order valence-electron chi connectivity index (χ0n) is 20.9. The number of nitrogens with one attached hydrogen (secondary N) is 1. The van der Waals surface area contributed by atoms with Gasteiger partial charge < -0.3 is 10.2 Å². The van der Waals surface area contributed by atoms with E-state index in [0.29, 0.717) is 0 Å². The predicted octanol–water partition coefficient (Wildman–Crippen LogP) is 5.79. The van der Waals surface area contributed by atoms with Crippen molar-refractivity contribution in [3.8, 4) is 0 Å². The smallest absolute Gasteiger partial charge is 0.264 e. The topological polar surface area (TPSA) is 69.7 Å². The van der Waals surface area contributed by atoms with Crippen molar-refractivity contribution in [1.29, 1.82) is 0 Å². The van der Waals surface area contributed by atoms with Crippen molar-refractivity contribution in [3.63, 3.8) is 0 Å². The second-order valence-corrected chi connectivity index (χ2v) is 11.7. The van der Waals surface area contributed by atoms with Gasteiger partial charge in [0.2, 0.25) is 5.91 Å². The third-order valence-electron chi connectivity index (χ3n) is 6.73. The minimum Gasteiger partial charge on any atom is -0.372 e. The minimum absolute atomic E-state index is 0.0130. The minimum atomic E-state index is -4.12. The lowest BCUT2D eigenvalue weighted by molar-refractivity contribution is -0.120. The third-order valence-corrected chi connectivity index (χ3v) is 8.81. The molecule has 4 rings (SSSR count). The van der Waals surface area contributed by atoms with Crippen molar-refractivity contribution in [2.45, 2.75) is 37.6 Å². The maximum Gasteiger partial charge on any atom is 0.264 e. The molecule has 1 fully saturated rings. The van der Waals surface area contributed by atoms with E-state index in [4.69, 9.17) is 11.6 Å². The highest BCUT2D eigenvalue weighted by atomic mass is 35.5. The lowest BCUT2D eigenvalue weighted by atomic mass is 9.98. The van der Waals surface area contributed by atoms with E-state index in [9.17, 15) is 17.6 Å². The molecule has 1 N–H and O–H groups in total. The van der Waals surface area contributed by atoms with Crippen molar-refractivity contribution < 1.29 is 17.6 Å². The third kappa shape index (κ3) is 6.43. The molecular weight excluding hydrogens is 513 g/mol. The molecule has 0 bridgehead atoms. The van der Waals surface area contributed by atoms with Gasteiger partial charge >= 0.3 is 0 Å². The number of nitrogens with zero attached hydrogens (tertiary/aromatic N) is 2. The van der Waals surface area contributed by atoms with Crippen LogP contribution in [0.2, 0.25) is 5.02 Å². The van der Waals surface area contributed by atoms with Gasteiger partial charge in [0, 0.05) is 18.8 Å². The molecule has 3 aromatic carbocycles. The second-order valence-electron chi connectivity index (χ2n) is 9.47. The van der Waals surface area contributed by atoms with Crippen LogP contribution < -0.4 is 14.5 Å². The monoisotopic (exact) mass is 543 g/mol. The van der Waals surface area contributed by atoms with E-state index in [0.717, 1.165) is 40.6 Å². The van der Waals surface area contributed by atoms with E-state index >= 15 is 0 Å². The summed E-state index contributed by atoms with van der Waals surface area (Å²) >= 11 is 5.93. The quantitative estimate of drug-likeness (QED) is 0.390. The number of carbonyl (C=O) groups is 1. The Labute approximate surface area is 223 Å². The number of piperidine rings is 1. The molecule has 1 heterocycles. The van der Waals surface area contributed by atoms with Crippen molar-refractivity contribution in [3.05, 3.63) is 89.2 Å². The largest absolute Gasteiger partial charge is 0.372 e. The number of hydrogen-bond donors (Lipinski definition) is 1. The molecule has 0 saturated carbocycles. The average Bonchev–Trinajstić information content (AvgIpc) is 2.90. The highest BCUT2D eigenvalue weighted by molar-refractivity contribution is 7.92. The molecule has 1 atom stereocenters. The fourth-order valence-electron chi connectivity index (χ4n) is 4.42. The summed E-state index contributed by atoms with van der Waals surface area (Å²) in [5.74, 6) is -0.424. The molecule has 1 aliphatic heterocycles. The number of rotatable bonds is 8. The van der Waals surface area contributed by atoms with Crippen LogP contribution in [0.5, 0.6) is 0 Å². The molecule has 0 radical (unpaired) electrons. The Bertz CT molecular complexity index is 1330. The van der Waals surface area contributed by atoms with Crippen LogP contribution in [0, 0.1) is 11.7 Å². The van der Waals surface area contributed by atoms with Gasteiger partial charge in [-0.3, -0.25) is 9.10 Å². The van der Waals surface area contributed by atoms with Crippen LogP contribution in [-0.4, -0.2) is 34.0 Å². The Kier molecular flexibility index (Phi) is 8.39. The zero-order valence-corrected chi connectivity index (χ0v) is 22.5. The van der Waals surface area contributed by atoms with Gasteiger partial charge in [-0.05, 0) is 73.7 Å². The molecular formula is C28H31ClFN3O3S. The number of amides is 1. The van der Waals surface area contributed by atoms with Crippen molar-refractivity contribution in [2.75, 3.05) is 28.8 Å². The average molecular weight is 544 g/mol. The Hall–Kier alpha value is -3.10. The van der Waals surface area contributed by atoms with Crippen molar-refractivity contribution in [1.82, 2.24) is 5.32 Å². The lowest BCUT2D eigenvalue weighted by Crippen LogP contribution is -2.41. The van der Waals surface area contributed by atoms with Gasteiger partial charge in [0.05, 0.1) is 21.6 Å². The van der Waals surface area contributed by atoms with Gasteiger partial charge in [-0.1, -0.05) is 48.9 Å². The van der Waals surface area contributed by atoms with Crippen LogP contribution in [0.3, 0.4) is 0 Å². The lowest BCUT2D eigenvalue weighted by Gasteiger charge is -2.32. The van der Waals surface area contributed by atoms with Crippen LogP contribution in [0.25, 0.3) is 0 Å². The molecule has 6 nitrogen and oxygen atoms in total. The number of carbonyl (C=O) groups excluding carboxylic acids is 1. The maximum absolute atomic E-state index is 13.8. The highest BCUT2D eigenvalue weighted by Gasteiger charge is 2.28. The van der Waals surface area contributed by atoms with Gasteiger partial charge in [0.1, 0.15) is 12.4 Å². The summed E-state index contributed by atoms with van der Waals surface area (Å²) in [5.41, 5.74) is 2.16. The van der Waals surface area contributed by atoms with E-state index in [1.165, 1.54) is 37.1 Å². The Morgan fingerprint density at radius 3 is 2.35 bits per heavy atom. The first-order chi connectivity index (χ1) is 17.6. The van der Waals surface area contributed by atoms with Crippen LogP contribution in [-0.2, 0) is 14.8 Å². The molecule has 3 aromatic rings. The summed E-state index contributed by atoms with van der Waals surface area (Å²) in [4.78, 5) is 15.4. The molecule has 1 unspecified atom stereocenters. The van der Waals surface area contributed by atoms with E-state index in [2.05, 4.69) is 29.3 Å². The van der Waals surface area contributed by atoms with Gasteiger partial charge in [-0.15, -0.1) is 0 Å². The van der Waals surface area contributed by atoms with Crippen LogP contribution in [0.1, 0.15) is 38.3 Å². The molecule has 1 amide bonds. The highest BCUT2D eigenvalue weighted by Crippen LogP contribution is 2.28. The number of anilines is 2. The van der Waals surface area contributed by atoms with Crippen molar-refractivity contribution in [2.24, 2.45) is 5.92 Å². The van der Waals surface area contributed by atoms with E-state index in [1.54, 1.807) is 18.2 Å². The Morgan fingerprint density at radius 1 is 1.08 bits per heavy atom. The molecule has 0 spiro atoms. The standard InChI is InChI=1S/C28H31ClFN3O3S/c1-20-14-16-32(17-15-20)23-10-8-22(9-11-23)21(2)31-28(34)19-33(24-12-13-27(30)26(29)18-24)37(35,36)25-6-4-3-5-7-25/h3-13,18,20-21H,14-17,19H2,1-2H3,(H,31,34). The number of sulfonamides is 1.